The van der Waals surface area contributed by atoms with Crippen molar-refractivity contribution >= 4 is 16.3 Å². The molecule has 1 aliphatic rings. The van der Waals surface area contributed by atoms with E-state index < -0.39 is 59.9 Å². The Morgan fingerprint density at radius 2 is 1.23 bits per heavy atom. The molecule has 6 N–H and O–H groups in total. The second kappa shape index (κ2) is 30.9. The van der Waals surface area contributed by atoms with Gasteiger partial charge in [-0.25, -0.2) is 4.18 Å². The van der Waals surface area contributed by atoms with Gasteiger partial charge in [0.05, 0.1) is 25.4 Å². The predicted octanol–water partition coefficient (Wildman–Crippen LogP) is 6.60. The molecule has 0 radical (unpaired) electrons. The van der Waals surface area contributed by atoms with E-state index in [4.69, 9.17) is 14.0 Å². The molecule has 1 aliphatic heterocycles. The van der Waals surface area contributed by atoms with Crippen LogP contribution >= 0.6 is 0 Å². The van der Waals surface area contributed by atoms with Gasteiger partial charge in [-0.2, -0.15) is 8.42 Å². The fourth-order valence-electron chi connectivity index (χ4n) is 6.27. The lowest BCUT2D eigenvalue weighted by Gasteiger charge is -2.41. The van der Waals surface area contributed by atoms with Crippen LogP contribution in [0.4, 0.5) is 0 Å². The van der Waals surface area contributed by atoms with Crippen LogP contribution in [0, 0.1) is 0 Å². The summed E-state index contributed by atoms with van der Waals surface area (Å²) in [5.41, 5.74) is 0. The number of ether oxygens (including phenoxy) is 2. The highest BCUT2D eigenvalue weighted by Gasteiger charge is 2.48. The molecular weight excluding hydrogens is 690 g/mol. The normalized spacial score (nSPS) is 22.3. The molecule has 0 aliphatic carbocycles. The second-order valence-electron chi connectivity index (χ2n) is 14.2. The van der Waals surface area contributed by atoms with E-state index >= 15 is 0 Å². The van der Waals surface area contributed by atoms with Crippen LogP contribution in [-0.4, -0.2) is 95.4 Å². The Morgan fingerprint density at radius 1 is 0.750 bits per heavy atom. The Bertz CT molecular complexity index is 1040. The molecular formula is C39H73NO11S. The Hall–Kier alpha value is -1.42. The molecule has 1 fully saturated rings. The van der Waals surface area contributed by atoms with Crippen LogP contribution in [0.15, 0.2) is 24.3 Å². The van der Waals surface area contributed by atoms with E-state index in [2.05, 4.69) is 35.5 Å². The largest absolute Gasteiger partial charge is 0.397 e. The molecule has 0 bridgehead atoms. The number of carbonyl (C=O) groups is 1. The zero-order chi connectivity index (χ0) is 38.5. The van der Waals surface area contributed by atoms with Crippen molar-refractivity contribution in [3.8, 4) is 0 Å². The summed E-state index contributed by atoms with van der Waals surface area (Å²) >= 11 is 0. The monoisotopic (exact) mass is 763 g/mol. The zero-order valence-corrected chi connectivity index (χ0v) is 32.9. The lowest BCUT2D eigenvalue weighted by molar-refractivity contribution is -0.298. The Kier molecular flexibility index (Phi) is 28.8. The quantitative estimate of drug-likeness (QED) is 0.0240. The molecule has 7 unspecified atom stereocenters. The molecule has 0 aromatic rings. The molecule has 1 amide bonds. The van der Waals surface area contributed by atoms with Crippen molar-refractivity contribution < 1.29 is 51.8 Å². The first kappa shape index (κ1) is 48.6. The van der Waals surface area contributed by atoms with Gasteiger partial charge in [-0.05, 0) is 44.9 Å². The van der Waals surface area contributed by atoms with Gasteiger partial charge in [-0.1, -0.05) is 134 Å². The number of unbranched alkanes of at least 4 members (excludes halogenated alkanes) is 19. The maximum atomic E-state index is 12.9. The van der Waals surface area contributed by atoms with E-state index in [9.17, 15) is 33.6 Å². The van der Waals surface area contributed by atoms with Crippen LogP contribution in [0.5, 0.6) is 0 Å². The predicted molar refractivity (Wildman–Crippen MR) is 204 cm³/mol. The highest BCUT2D eigenvalue weighted by atomic mass is 32.3. The summed E-state index contributed by atoms with van der Waals surface area (Å²) in [7, 11) is -5.08. The first-order valence-corrected chi connectivity index (χ1v) is 21.6. The molecule has 13 heteroatoms. The molecule has 1 saturated heterocycles. The van der Waals surface area contributed by atoms with Crippen LogP contribution < -0.4 is 5.32 Å². The van der Waals surface area contributed by atoms with E-state index in [0.717, 1.165) is 57.8 Å². The summed E-state index contributed by atoms with van der Waals surface area (Å²) in [4.78, 5) is 12.9. The lowest BCUT2D eigenvalue weighted by atomic mass is 9.99. The number of hydrogen-bond donors (Lipinski definition) is 6. The first-order chi connectivity index (χ1) is 25.0. The third-order valence-electron chi connectivity index (χ3n) is 9.48. The molecule has 1 heterocycles. The third-order valence-corrected chi connectivity index (χ3v) is 9.94. The molecule has 0 spiro atoms. The van der Waals surface area contributed by atoms with E-state index in [1.165, 1.54) is 77.0 Å². The SMILES string of the molecule is CCCCC/C=C\CCCCCCCC(=O)NC(COC1OC(CO)C(O)C(OS(=O)(=O)O)C1O)C(O)/C=C/CCCCCCCCCCCCC. The summed E-state index contributed by atoms with van der Waals surface area (Å²) < 4.78 is 47.4. The van der Waals surface area contributed by atoms with Crippen molar-refractivity contribution in [2.45, 2.75) is 204 Å². The van der Waals surface area contributed by atoms with Crippen LogP contribution in [0.25, 0.3) is 0 Å². The van der Waals surface area contributed by atoms with E-state index in [1.807, 2.05) is 6.08 Å². The van der Waals surface area contributed by atoms with Crippen LogP contribution in [-0.2, 0) is 28.9 Å². The molecule has 0 aromatic carbocycles. The van der Waals surface area contributed by atoms with E-state index in [1.54, 1.807) is 6.08 Å². The van der Waals surface area contributed by atoms with Gasteiger partial charge < -0.3 is 35.2 Å². The van der Waals surface area contributed by atoms with Crippen LogP contribution in [0.3, 0.4) is 0 Å². The van der Waals surface area contributed by atoms with Crippen molar-refractivity contribution in [3.63, 3.8) is 0 Å². The molecule has 306 valence electrons. The molecule has 7 atom stereocenters. The Labute approximate surface area is 314 Å². The number of rotatable bonds is 33. The summed E-state index contributed by atoms with van der Waals surface area (Å²) in [5.74, 6) is -0.275. The molecule has 1 rings (SSSR count). The van der Waals surface area contributed by atoms with Crippen molar-refractivity contribution in [3.05, 3.63) is 24.3 Å². The first-order valence-electron chi connectivity index (χ1n) is 20.2. The molecule has 12 nitrogen and oxygen atoms in total. The fourth-order valence-corrected chi connectivity index (χ4v) is 6.78. The molecule has 52 heavy (non-hydrogen) atoms. The number of nitrogens with one attached hydrogen (secondary N) is 1. The maximum absolute atomic E-state index is 12.9. The number of aliphatic hydroxyl groups excluding tert-OH is 4. The van der Waals surface area contributed by atoms with Gasteiger partial charge in [0.2, 0.25) is 5.91 Å². The summed E-state index contributed by atoms with van der Waals surface area (Å²) in [6.07, 6.45) is 23.7. The summed E-state index contributed by atoms with van der Waals surface area (Å²) in [6.45, 7) is 3.32. The number of aliphatic hydroxyl groups is 4. The standard InChI is InChI=1S/C39H73NO11S/c1-3-5-7-9-11-13-15-17-18-20-22-24-26-28-33(42)32(40-35(43)29-27-25-23-21-19-16-14-12-10-8-6-4-2)31-49-39-37(45)38(51-52(46,47)48)36(44)34(30-41)50-39/h12,14,26,28,32-34,36-39,41-42,44-45H,3-11,13,15-25,27,29-31H2,1-2H3,(H,40,43)(H,46,47,48)/b14-12-,28-26+. The van der Waals surface area contributed by atoms with Crippen molar-refractivity contribution in [1.29, 1.82) is 0 Å². The lowest BCUT2D eigenvalue weighted by Crippen LogP contribution is -2.61. The fraction of sp³-hybridized carbons (Fsp3) is 0.872. The molecule has 0 aromatic heterocycles. The Balaban J connectivity index is 2.63. The van der Waals surface area contributed by atoms with Crippen LogP contribution in [0.1, 0.15) is 162 Å². The van der Waals surface area contributed by atoms with Gasteiger partial charge in [-0.3, -0.25) is 9.35 Å². The summed E-state index contributed by atoms with van der Waals surface area (Å²) in [6, 6.07) is -0.943. The highest BCUT2D eigenvalue weighted by molar-refractivity contribution is 7.80. The van der Waals surface area contributed by atoms with E-state index in [0.29, 0.717) is 6.42 Å². The smallest absolute Gasteiger partial charge is 0.394 e. The minimum Gasteiger partial charge on any atom is -0.394 e. The second-order valence-corrected chi connectivity index (χ2v) is 15.3. The third kappa shape index (κ3) is 24.1. The van der Waals surface area contributed by atoms with E-state index in [-0.39, 0.29) is 18.9 Å². The van der Waals surface area contributed by atoms with Gasteiger partial charge in [0.15, 0.2) is 6.29 Å². The number of carbonyl (C=O) groups excluding carboxylic acids is 1. The topological polar surface area (TPSA) is 192 Å². The number of amides is 1. The van der Waals surface area contributed by atoms with Gasteiger partial charge in [0.1, 0.15) is 24.4 Å². The summed E-state index contributed by atoms with van der Waals surface area (Å²) in [5, 5.41) is 44.5. The highest BCUT2D eigenvalue weighted by Crippen LogP contribution is 2.26. The number of hydrogen-bond acceptors (Lipinski definition) is 10. The molecule has 0 saturated carbocycles. The van der Waals surface area contributed by atoms with Gasteiger partial charge in [0, 0.05) is 6.42 Å². The van der Waals surface area contributed by atoms with Crippen molar-refractivity contribution in [2.75, 3.05) is 13.2 Å². The average molecular weight is 764 g/mol. The van der Waals surface area contributed by atoms with Crippen molar-refractivity contribution in [1.82, 2.24) is 5.32 Å². The van der Waals surface area contributed by atoms with Crippen LogP contribution in [0.2, 0.25) is 0 Å². The van der Waals surface area contributed by atoms with Crippen molar-refractivity contribution in [2.24, 2.45) is 0 Å². The average Bonchev–Trinajstić information content (AvgIpc) is 3.11. The maximum Gasteiger partial charge on any atom is 0.397 e. The van der Waals surface area contributed by atoms with Gasteiger partial charge in [-0.15, -0.1) is 0 Å². The minimum atomic E-state index is -5.08. The van der Waals surface area contributed by atoms with Gasteiger partial charge >= 0.3 is 10.4 Å². The number of allylic oxidation sites excluding steroid dienone is 3. The zero-order valence-electron chi connectivity index (χ0n) is 32.1. The Morgan fingerprint density at radius 3 is 1.77 bits per heavy atom. The van der Waals surface area contributed by atoms with Gasteiger partial charge in [0.25, 0.3) is 0 Å². The minimum absolute atomic E-state index is 0.259.